The Labute approximate surface area is 177 Å². The maximum atomic E-state index is 12.7. The zero-order valence-electron chi connectivity index (χ0n) is 17.6. The van der Waals surface area contributed by atoms with Crippen molar-refractivity contribution in [1.29, 1.82) is 0 Å². The molecular weight excluding hydrogens is 380 g/mol. The third-order valence-electron chi connectivity index (χ3n) is 4.81. The fraction of sp³-hybridized carbons (Fsp3) is 0.375. The number of hydrogen-bond donors (Lipinski definition) is 2. The van der Waals surface area contributed by atoms with Crippen LogP contribution in [0.15, 0.2) is 54.7 Å². The Morgan fingerprint density at radius 1 is 1.10 bits per heavy atom. The van der Waals surface area contributed by atoms with Crippen LogP contribution >= 0.6 is 11.8 Å². The predicted octanol–water partition coefficient (Wildman–Crippen LogP) is 5.69. The first-order chi connectivity index (χ1) is 13.8. The van der Waals surface area contributed by atoms with E-state index in [0.717, 1.165) is 39.8 Å². The van der Waals surface area contributed by atoms with Crippen molar-refractivity contribution in [3.63, 3.8) is 0 Å². The van der Waals surface area contributed by atoms with E-state index < -0.39 is 6.04 Å². The average Bonchev–Trinajstić information content (AvgIpc) is 3.10. The van der Waals surface area contributed by atoms with Gasteiger partial charge in [-0.2, -0.15) is 11.8 Å². The van der Waals surface area contributed by atoms with Crippen molar-refractivity contribution in [1.82, 2.24) is 4.98 Å². The highest BCUT2D eigenvalue weighted by molar-refractivity contribution is 8.00. The molecule has 0 saturated carbocycles. The fourth-order valence-corrected chi connectivity index (χ4v) is 4.36. The Kier molecular flexibility index (Phi) is 6.70. The Morgan fingerprint density at radius 2 is 1.79 bits per heavy atom. The molecule has 29 heavy (non-hydrogen) atoms. The van der Waals surface area contributed by atoms with E-state index in [0.29, 0.717) is 0 Å². The second-order valence-electron chi connectivity index (χ2n) is 8.31. The number of benzene rings is 2. The number of nitrogens with one attached hydrogen (secondary N) is 1. The zero-order valence-corrected chi connectivity index (χ0v) is 18.4. The number of esters is 1. The molecule has 0 amide bonds. The summed E-state index contributed by atoms with van der Waals surface area (Å²) in [4.78, 5) is 16.0. The number of carbonyl (C=O) groups excluding carboxylic acids is 1. The molecule has 3 aromatic rings. The minimum Gasteiger partial charge on any atom is -0.461 e. The molecule has 0 aliphatic rings. The third-order valence-corrected chi connectivity index (χ3v) is 6.11. The van der Waals surface area contributed by atoms with Gasteiger partial charge in [-0.05, 0) is 36.3 Å². The lowest BCUT2D eigenvalue weighted by Gasteiger charge is -2.21. The van der Waals surface area contributed by atoms with Crippen molar-refractivity contribution in [2.24, 2.45) is 5.73 Å². The summed E-state index contributed by atoms with van der Waals surface area (Å²) in [5.74, 6) is 0.560. The summed E-state index contributed by atoms with van der Waals surface area (Å²) in [6.45, 7) is 8.49. The van der Waals surface area contributed by atoms with Crippen molar-refractivity contribution in [2.75, 3.05) is 5.75 Å². The summed E-state index contributed by atoms with van der Waals surface area (Å²) in [5.41, 5.74) is 10.2. The fourth-order valence-electron chi connectivity index (χ4n) is 3.30. The number of rotatable bonds is 7. The molecule has 0 bridgehead atoms. The van der Waals surface area contributed by atoms with Crippen LogP contribution < -0.4 is 5.73 Å². The number of fused-ring (bicyclic) bond motifs is 1. The summed E-state index contributed by atoms with van der Waals surface area (Å²) >= 11 is 1.87. The van der Waals surface area contributed by atoms with Gasteiger partial charge in [0.2, 0.25) is 0 Å². The van der Waals surface area contributed by atoms with Crippen LogP contribution in [-0.2, 0) is 9.53 Å². The highest BCUT2D eigenvalue weighted by atomic mass is 32.2. The molecule has 5 heteroatoms. The van der Waals surface area contributed by atoms with E-state index in [2.05, 4.69) is 31.8 Å². The summed E-state index contributed by atoms with van der Waals surface area (Å²) in [6.07, 6.45) is 2.61. The van der Waals surface area contributed by atoms with Crippen LogP contribution in [0.1, 0.15) is 45.7 Å². The second kappa shape index (κ2) is 9.06. The first kappa shape index (κ1) is 21.5. The van der Waals surface area contributed by atoms with E-state index in [1.807, 2.05) is 67.3 Å². The van der Waals surface area contributed by atoms with Crippen molar-refractivity contribution in [3.05, 3.63) is 60.3 Å². The molecule has 154 valence electrons. The van der Waals surface area contributed by atoms with E-state index in [1.54, 1.807) is 0 Å². The highest BCUT2D eigenvalue weighted by Crippen LogP contribution is 2.33. The van der Waals surface area contributed by atoms with Crippen molar-refractivity contribution >= 4 is 28.6 Å². The maximum absolute atomic E-state index is 12.7. The standard InChI is InChI=1S/C24H30N2O2S/c1-16(13-14-29-24(2,3)4)28-23(27)22(25)19-11-6-5-9-17(19)20-15-26-21-12-8-7-10-18(20)21/h5-12,15-16,22,26H,13-14,25H2,1-4H3/t16-,22-/m0/s1. The summed E-state index contributed by atoms with van der Waals surface area (Å²) < 4.78 is 5.86. The van der Waals surface area contributed by atoms with Crippen LogP contribution in [0.3, 0.4) is 0 Å². The molecule has 0 spiro atoms. The molecule has 2 aromatic carbocycles. The molecule has 4 nitrogen and oxygen atoms in total. The van der Waals surface area contributed by atoms with Crippen LogP contribution in [0.2, 0.25) is 0 Å². The molecule has 0 aliphatic heterocycles. The van der Waals surface area contributed by atoms with Crippen LogP contribution in [0, 0.1) is 0 Å². The number of nitrogens with two attached hydrogens (primary N) is 1. The Morgan fingerprint density at radius 3 is 2.55 bits per heavy atom. The maximum Gasteiger partial charge on any atom is 0.327 e. The molecular formula is C24H30N2O2S. The van der Waals surface area contributed by atoms with Gasteiger partial charge in [-0.3, -0.25) is 0 Å². The van der Waals surface area contributed by atoms with Gasteiger partial charge in [-0.15, -0.1) is 0 Å². The number of thioether (sulfide) groups is 1. The topological polar surface area (TPSA) is 68.1 Å². The Bertz CT molecular complexity index is 974. The Hall–Kier alpha value is -2.24. The number of carbonyl (C=O) groups is 1. The van der Waals surface area contributed by atoms with E-state index in [1.165, 1.54) is 0 Å². The van der Waals surface area contributed by atoms with E-state index in [-0.39, 0.29) is 16.8 Å². The zero-order chi connectivity index (χ0) is 21.0. The summed E-state index contributed by atoms with van der Waals surface area (Å²) in [7, 11) is 0. The van der Waals surface area contributed by atoms with Gasteiger partial charge in [-0.25, -0.2) is 4.79 Å². The highest BCUT2D eigenvalue weighted by Gasteiger charge is 2.24. The van der Waals surface area contributed by atoms with E-state index in [4.69, 9.17) is 10.5 Å². The second-order valence-corrected chi connectivity index (χ2v) is 10.2. The van der Waals surface area contributed by atoms with Gasteiger partial charge in [0, 0.05) is 27.4 Å². The number of aromatic amines is 1. The van der Waals surface area contributed by atoms with Gasteiger partial charge in [0.15, 0.2) is 0 Å². The van der Waals surface area contributed by atoms with Crippen molar-refractivity contribution in [2.45, 2.75) is 51.0 Å². The first-order valence-corrected chi connectivity index (χ1v) is 11.0. The largest absolute Gasteiger partial charge is 0.461 e. The van der Waals surface area contributed by atoms with Crippen molar-refractivity contribution < 1.29 is 9.53 Å². The lowest BCUT2D eigenvalue weighted by atomic mass is 9.95. The number of ether oxygens (including phenoxy) is 1. The molecule has 0 saturated heterocycles. The average molecular weight is 411 g/mol. The van der Waals surface area contributed by atoms with Gasteiger partial charge < -0.3 is 15.5 Å². The quantitative estimate of drug-likeness (QED) is 0.491. The molecule has 0 fully saturated rings. The molecule has 1 aromatic heterocycles. The van der Waals surface area contributed by atoms with Gasteiger partial charge in [-0.1, -0.05) is 63.2 Å². The summed E-state index contributed by atoms with van der Waals surface area (Å²) in [5, 5.41) is 1.10. The van der Waals surface area contributed by atoms with Crippen molar-refractivity contribution in [3.8, 4) is 11.1 Å². The minimum atomic E-state index is -0.822. The molecule has 3 N–H and O–H groups in total. The Balaban J connectivity index is 1.75. The number of H-pyrrole nitrogens is 1. The monoisotopic (exact) mass is 410 g/mol. The van der Waals surface area contributed by atoms with Gasteiger partial charge in [0.25, 0.3) is 0 Å². The smallest absolute Gasteiger partial charge is 0.327 e. The molecule has 2 atom stereocenters. The number of para-hydroxylation sites is 1. The van der Waals surface area contributed by atoms with Gasteiger partial charge >= 0.3 is 5.97 Å². The first-order valence-electron chi connectivity index (χ1n) is 10.0. The molecule has 0 radical (unpaired) electrons. The summed E-state index contributed by atoms with van der Waals surface area (Å²) in [6, 6.07) is 15.1. The van der Waals surface area contributed by atoms with E-state index in [9.17, 15) is 4.79 Å². The number of aromatic nitrogens is 1. The molecule has 1 heterocycles. The lowest BCUT2D eigenvalue weighted by Crippen LogP contribution is -2.28. The van der Waals surface area contributed by atoms with Gasteiger partial charge in [0.1, 0.15) is 6.04 Å². The lowest BCUT2D eigenvalue weighted by molar-refractivity contribution is -0.150. The molecule has 3 rings (SSSR count). The van der Waals surface area contributed by atoms with Crippen LogP contribution in [-0.4, -0.2) is 27.6 Å². The van der Waals surface area contributed by atoms with Crippen LogP contribution in [0.4, 0.5) is 0 Å². The van der Waals surface area contributed by atoms with Gasteiger partial charge in [0.05, 0.1) is 6.10 Å². The van der Waals surface area contributed by atoms with Crippen LogP contribution in [0.5, 0.6) is 0 Å². The minimum absolute atomic E-state index is 0.163. The normalized spacial score (nSPS) is 14.0. The molecule has 0 unspecified atom stereocenters. The third kappa shape index (κ3) is 5.43. The van der Waals surface area contributed by atoms with Crippen LogP contribution in [0.25, 0.3) is 22.0 Å². The number of hydrogen-bond acceptors (Lipinski definition) is 4. The molecule has 0 aliphatic carbocycles. The SMILES string of the molecule is C[C@@H](CCSC(C)(C)C)OC(=O)[C@@H](N)c1ccccc1-c1c[nH]c2ccccc12. The predicted molar refractivity (Wildman–Crippen MR) is 123 cm³/mol. The van der Waals surface area contributed by atoms with E-state index >= 15 is 0 Å².